The maximum Gasteiger partial charge on any atom is 0.274 e. The molecule has 0 aliphatic carbocycles. The normalized spacial score (nSPS) is 10.9. The molecule has 9 nitrogen and oxygen atoms in total. The SMILES string of the molecule is Nc1nc(-n2nccn2)c(Cl)nc1C(=O)NCc1cc2ccccc2cn1. The minimum Gasteiger partial charge on any atom is -0.382 e. The molecule has 134 valence electrons. The Hall–Kier alpha value is -3.59. The third-order valence-corrected chi connectivity index (χ3v) is 4.06. The number of amides is 1. The molecule has 0 aliphatic rings. The average molecular weight is 381 g/mol. The molecule has 10 heteroatoms. The number of nitrogen functional groups attached to an aromatic ring is 1. The summed E-state index contributed by atoms with van der Waals surface area (Å²) < 4.78 is 0. The predicted molar refractivity (Wildman–Crippen MR) is 99.3 cm³/mol. The van der Waals surface area contributed by atoms with Crippen molar-refractivity contribution < 1.29 is 4.79 Å². The summed E-state index contributed by atoms with van der Waals surface area (Å²) in [6, 6.07) is 9.74. The molecule has 0 fully saturated rings. The van der Waals surface area contributed by atoms with Gasteiger partial charge in [0.05, 0.1) is 24.6 Å². The first-order valence-corrected chi connectivity index (χ1v) is 8.31. The number of hydrogen-bond donors (Lipinski definition) is 2. The number of nitrogens with two attached hydrogens (primary N) is 1. The molecule has 4 aromatic rings. The molecule has 0 saturated carbocycles. The van der Waals surface area contributed by atoms with E-state index < -0.39 is 5.91 Å². The number of fused-ring (bicyclic) bond motifs is 1. The van der Waals surface area contributed by atoms with Crippen LogP contribution in [-0.2, 0) is 6.54 Å². The largest absolute Gasteiger partial charge is 0.382 e. The number of halogens is 1. The zero-order valence-corrected chi connectivity index (χ0v) is 14.6. The summed E-state index contributed by atoms with van der Waals surface area (Å²) in [4.78, 5) is 26.1. The Morgan fingerprint density at radius 1 is 1.15 bits per heavy atom. The molecule has 0 saturated heterocycles. The second kappa shape index (κ2) is 6.96. The fourth-order valence-electron chi connectivity index (χ4n) is 2.52. The molecule has 0 bridgehead atoms. The number of aromatic nitrogens is 6. The summed E-state index contributed by atoms with van der Waals surface area (Å²) in [7, 11) is 0. The first kappa shape index (κ1) is 16.9. The number of hydrogen-bond acceptors (Lipinski definition) is 7. The van der Waals surface area contributed by atoms with E-state index in [1.807, 2.05) is 30.3 Å². The highest BCUT2D eigenvalue weighted by atomic mass is 35.5. The van der Waals surface area contributed by atoms with Gasteiger partial charge >= 0.3 is 0 Å². The van der Waals surface area contributed by atoms with Crippen LogP contribution in [0.4, 0.5) is 5.82 Å². The predicted octanol–water partition coefficient (Wildman–Crippen LogP) is 1.77. The van der Waals surface area contributed by atoms with Crippen molar-refractivity contribution in [1.29, 1.82) is 0 Å². The topological polar surface area (TPSA) is 125 Å². The van der Waals surface area contributed by atoms with Gasteiger partial charge in [0.15, 0.2) is 16.7 Å². The van der Waals surface area contributed by atoms with Crippen LogP contribution < -0.4 is 11.1 Å². The highest BCUT2D eigenvalue weighted by Crippen LogP contribution is 2.18. The van der Waals surface area contributed by atoms with Gasteiger partial charge in [-0.05, 0) is 11.5 Å². The minimum atomic E-state index is -0.503. The lowest BCUT2D eigenvalue weighted by Crippen LogP contribution is -2.26. The molecule has 3 heterocycles. The molecule has 3 N–H and O–H groups in total. The van der Waals surface area contributed by atoms with Crippen LogP contribution in [-0.4, -0.2) is 35.9 Å². The lowest BCUT2D eigenvalue weighted by molar-refractivity contribution is 0.0946. The van der Waals surface area contributed by atoms with E-state index in [1.165, 1.54) is 17.2 Å². The van der Waals surface area contributed by atoms with E-state index >= 15 is 0 Å². The highest BCUT2D eigenvalue weighted by Gasteiger charge is 2.18. The van der Waals surface area contributed by atoms with Gasteiger partial charge in [-0.1, -0.05) is 35.9 Å². The maximum atomic E-state index is 12.4. The number of nitrogens with zero attached hydrogens (tertiary/aromatic N) is 6. The van der Waals surface area contributed by atoms with Crippen LogP contribution in [0, 0.1) is 0 Å². The van der Waals surface area contributed by atoms with Crippen molar-refractivity contribution in [2.75, 3.05) is 5.73 Å². The quantitative estimate of drug-likeness (QED) is 0.552. The van der Waals surface area contributed by atoms with E-state index in [2.05, 4.69) is 30.5 Å². The Morgan fingerprint density at radius 2 is 1.89 bits per heavy atom. The molecule has 27 heavy (non-hydrogen) atoms. The summed E-state index contributed by atoms with van der Waals surface area (Å²) in [6.07, 6.45) is 4.69. The van der Waals surface area contributed by atoms with Gasteiger partial charge in [0.25, 0.3) is 5.91 Å². The molecular weight excluding hydrogens is 368 g/mol. The third-order valence-electron chi connectivity index (χ3n) is 3.80. The number of carbonyl (C=O) groups is 1. The second-order valence-electron chi connectivity index (χ2n) is 5.60. The van der Waals surface area contributed by atoms with E-state index in [0.717, 1.165) is 10.8 Å². The zero-order chi connectivity index (χ0) is 18.8. The number of benzene rings is 1. The number of rotatable bonds is 4. The van der Waals surface area contributed by atoms with Crippen molar-refractivity contribution in [3.63, 3.8) is 0 Å². The minimum absolute atomic E-state index is 0.0330. The van der Waals surface area contributed by atoms with Gasteiger partial charge in [-0.2, -0.15) is 10.2 Å². The Morgan fingerprint density at radius 3 is 2.67 bits per heavy atom. The lowest BCUT2D eigenvalue weighted by atomic mass is 10.1. The maximum absolute atomic E-state index is 12.4. The summed E-state index contributed by atoms with van der Waals surface area (Å²) in [5, 5.41) is 12.6. The van der Waals surface area contributed by atoms with Crippen LogP contribution in [0.5, 0.6) is 0 Å². The van der Waals surface area contributed by atoms with Crippen LogP contribution in [0.1, 0.15) is 16.2 Å². The van der Waals surface area contributed by atoms with Crippen LogP contribution in [0.2, 0.25) is 5.15 Å². The first-order chi connectivity index (χ1) is 13.1. The fraction of sp³-hybridized carbons (Fsp3) is 0.0588. The van der Waals surface area contributed by atoms with Crippen molar-refractivity contribution in [3.05, 3.63) is 65.5 Å². The molecule has 1 amide bonds. The standard InChI is InChI=1S/C17H13ClN8O/c18-14-16(26-22-5-6-23-26)25-15(19)13(24-14)17(27)21-9-12-7-10-3-1-2-4-11(10)8-20-12/h1-8H,9H2,(H2,19,25)(H,21,27). The summed E-state index contributed by atoms with van der Waals surface area (Å²) in [5.74, 6) is -0.431. The zero-order valence-electron chi connectivity index (χ0n) is 13.9. The van der Waals surface area contributed by atoms with E-state index in [1.54, 1.807) is 6.20 Å². The monoisotopic (exact) mass is 380 g/mol. The van der Waals surface area contributed by atoms with Gasteiger partial charge in [-0.25, -0.2) is 9.97 Å². The number of anilines is 1. The molecule has 0 unspecified atom stereocenters. The summed E-state index contributed by atoms with van der Waals surface area (Å²) in [5.41, 5.74) is 6.50. The molecule has 0 radical (unpaired) electrons. The van der Waals surface area contributed by atoms with Gasteiger partial charge in [-0.3, -0.25) is 9.78 Å². The molecule has 0 atom stereocenters. The van der Waals surface area contributed by atoms with E-state index in [-0.39, 0.29) is 29.0 Å². The van der Waals surface area contributed by atoms with Crippen LogP contribution in [0.25, 0.3) is 16.6 Å². The van der Waals surface area contributed by atoms with E-state index in [4.69, 9.17) is 17.3 Å². The van der Waals surface area contributed by atoms with Gasteiger partial charge in [-0.15, -0.1) is 4.80 Å². The van der Waals surface area contributed by atoms with Gasteiger partial charge < -0.3 is 11.1 Å². The molecule has 0 aliphatic heterocycles. The average Bonchev–Trinajstić information content (AvgIpc) is 3.22. The third kappa shape index (κ3) is 3.40. The molecule has 0 spiro atoms. The van der Waals surface area contributed by atoms with Crippen LogP contribution in [0.3, 0.4) is 0 Å². The number of nitrogens with one attached hydrogen (secondary N) is 1. The van der Waals surface area contributed by atoms with E-state index in [0.29, 0.717) is 5.69 Å². The number of carbonyl (C=O) groups excluding carboxylic acids is 1. The Bertz CT molecular complexity index is 1130. The Balaban J connectivity index is 1.53. The van der Waals surface area contributed by atoms with Crippen molar-refractivity contribution in [2.24, 2.45) is 0 Å². The van der Waals surface area contributed by atoms with Gasteiger partial charge in [0, 0.05) is 11.6 Å². The fourth-order valence-corrected chi connectivity index (χ4v) is 2.72. The highest BCUT2D eigenvalue weighted by molar-refractivity contribution is 6.31. The van der Waals surface area contributed by atoms with Crippen molar-refractivity contribution in [3.8, 4) is 5.82 Å². The molecule has 1 aromatic carbocycles. The Labute approximate surface area is 158 Å². The smallest absolute Gasteiger partial charge is 0.274 e. The van der Waals surface area contributed by atoms with Crippen LogP contribution in [0.15, 0.2) is 48.9 Å². The van der Waals surface area contributed by atoms with Gasteiger partial charge in [0.2, 0.25) is 5.82 Å². The van der Waals surface area contributed by atoms with Crippen LogP contribution >= 0.6 is 11.6 Å². The van der Waals surface area contributed by atoms with Crippen molar-refractivity contribution in [2.45, 2.75) is 6.54 Å². The summed E-state index contributed by atoms with van der Waals surface area (Å²) >= 11 is 6.10. The molecule has 4 rings (SSSR count). The Kier molecular flexibility index (Phi) is 4.35. The van der Waals surface area contributed by atoms with Gasteiger partial charge in [0.1, 0.15) is 0 Å². The van der Waals surface area contributed by atoms with Crippen molar-refractivity contribution in [1.82, 2.24) is 35.3 Å². The lowest BCUT2D eigenvalue weighted by Gasteiger charge is -2.09. The first-order valence-electron chi connectivity index (χ1n) is 7.93. The van der Waals surface area contributed by atoms with Crippen molar-refractivity contribution >= 4 is 34.1 Å². The second-order valence-corrected chi connectivity index (χ2v) is 5.95. The van der Waals surface area contributed by atoms with E-state index in [9.17, 15) is 4.79 Å². The number of pyridine rings is 1. The molecule has 3 aromatic heterocycles. The molecular formula is C17H13ClN8O. The summed E-state index contributed by atoms with van der Waals surface area (Å²) in [6.45, 7) is 0.213.